The van der Waals surface area contributed by atoms with Crippen LogP contribution in [0.3, 0.4) is 0 Å². The van der Waals surface area contributed by atoms with Gasteiger partial charge < -0.3 is 15.7 Å². The minimum Gasteiger partial charge on any atom is -0.387 e. The van der Waals surface area contributed by atoms with Gasteiger partial charge in [0.1, 0.15) is 11.6 Å². The van der Waals surface area contributed by atoms with E-state index in [9.17, 15) is 18.7 Å². The van der Waals surface area contributed by atoms with E-state index in [1.165, 1.54) is 0 Å². The first-order valence-corrected chi connectivity index (χ1v) is 6.71. The van der Waals surface area contributed by atoms with Gasteiger partial charge in [-0.3, -0.25) is 0 Å². The van der Waals surface area contributed by atoms with Crippen molar-refractivity contribution in [3.8, 4) is 0 Å². The Morgan fingerprint density at radius 3 is 2.64 bits per heavy atom. The number of aryl methyl sites for hydroxylation is 1. The van der Waals surface area contributed by atoms with Gasteiger partial charge in [0.05, 0.1) is 11.8 Å². The second-order valence-electron chi connectivity index (χ2n) is 4.83. The number of hydrogen-bond acceptors (Lipinski definition) is 2. The number of aliphatic hydroxyl groups excluding tert-OH is 1. The number of rotatable bonds is 4. The molecule has 0 fully saturated rings. The van der Waals surface area contributed by atoms with Crippen molar-refractivity contribution < 1.29 is 18.7 Å². The van der Waals surface area contributed by atoms with Gasteiger partial charge in [0.15, 0.2) is 0 Å². The molecule has 0 saturated carbocycles. The second kappa shape index (κ2) is 7.00. The third-order valence-corrected chi connectivity index (χ3v) is 3.18. The lowest BCUT2D eigenvalue weighted by Gasteiger charge is -2.15. The monoisotopic (exact) mass is 306 g/mol. The lowest BCUT2D eigenvalue weighted by molar-refractivity contribution is 0.174. The molecule has 2 aromatic carbocycles. The van der Waals surface area contributed by atoms with Crippen molar-refractivity contribution >= 4 is 11.7 Å². The average molecular weight is 306 g/mol. The van der Waals surface area contributed by atoms with Gasteiger partial charge in [-0.25, -0.2) is 13.6 Å². The number of benzene rings is 2. The van der Waals surface area contributed by atoms with E-state index >= 15 is 0 Å². The third-order valence-electron chi connectivity index (χ3n) is 3.18. The van der Waals surface area contributed by atoms with Crippen LogP contribution < -0.4 is 10.6 Å². The molecule has 4 nitrogen and oxygen atoms in total. The summed E-state index contributed by atoms with van der Waals surface area (Å²) < 4.78 is 26.2. The molecule has 2 amide bonds. The Balaban J connectivity index is 1.91. The standard InChI is InChI=1S/C16H16F2N2O2/c1-10-4-2-3-5-12(10)15(21)9-19-16(22)20-14-7-6-11(17)8-13(14)18/h2-8,15,21H,9H2,1H3,(H2,19,20,22). The maximum atomic E-state index is 13.4. The highest BCUT2D eigenvalue weighted by Crippen LogP contribution is 2.17. The van der Waals surface area contributed by atoms with E-state index in [0.29, 0.717) is 11.6 Å². The Kier molecular flexibility index (Phi) is 5.06. The Morgan fingerprint density at radius 1 is 1.23 bits per heavy atom. The van der Waals surface area contributed by atoms with Gasteiger partial charge >= 0.3 is 6.03 Å². The maximum absolute atomic E-state index is 13.4. The zero-order chi connectivity index (χ0) is 16.1. The van der Waals surface area contributed by atoms with Gasteiger partial charge in [0.2, 0.25) is 0 Å². The Hall–Kier alpha value is -2.47. The summed E-state index contributed by atoms with van der Waals surface area (Å²) in [6, 6.07) is 9.42. The summed E-state index contributed by atoms with van der Waals surface area (Å²) in [5.41, 5.74) is 1.47. The highest BCUT2D eigenvalue weighted by atomic mass is 19.1. The molecule has 2 rings (SSSR count). The maximum Gasteiger partial charge on any atom is 0.319 e. The van der Waals surface area contributed by atoms with Crippen LogP contribution >= 0.6 is 0 Å². The van der Waals surface area contributed by atoms with E-state index in [4.69, 9.17) is 0 Å². The Morgan fingerprint density at radius 2 is 1.95 bits per heavy atom. The van der Waals surface area contributed by atoms with Crippen LogP contribution in [0.2, 0.25) is 0 Å². The summed E-state index contributed by atoms with van der Waals surface area (Å²) in [6.07, 6.45) is -0.870. The van der Waals surface area contributed by atoms with Crippen molar-refractivity contribution in [2.24, 2.45) is 0 Å². The second-order valence-corrected chi connectivity index (χ2v) is 4.83. The predicted molar refractivity (Wildman–Crippen MR) is 79.5 cm³/mol. The molecule has 22 heavy (non-hydrogen) atoms. The van der Waals surface area contributed by atoms with E-state index in [1.54, 1.807) is 12.1 Å². The molecule has 116 valence electrons. The summed E-state index contributed by atoms with van der Waals surface area (Å²) >= 11 is 0. The van der Waals surface area contributed by atoms with Crippen molar-refractivity contribution in [3.05, 3.63) is 65.2 Å². The molecule has 0 spiro atoms. The predicted octanol–water partition coefficient (Wildman–Crippen LogP) is 3.13. The van der Waals surface area contributed by atoms with Gasteiger partial charge in [-0.1, -0.05) is 24.3 Å². The molecule has 0 aliphatic heterocycles. The quantitative estimate of drug-likeness (QED) is 0.812. The van der Waals surface area contributed by atoms with Crippen LogP contribution in [0.1, 0.15) is 17.2 Å². The molecule has 0 heterocycles. The van der Waals surface area contributed by atoms with Crippen LogP contribution in [0.15, 0.2) is 42.5 Å². The van der Waals surface area contributed by atoms with Crippen molar-refractivity contribution in [1.29, 1.82) is 0 Å². The molecule has 0 radical (unpaired) electrons. The molecule has 3 N–H and O–H groups in total. The minimum absolute atomic E-state index is 0.0283. The fraction of sp³-hybridized carbons (Fsp3) is 0.188. The normalized spacial score (nSPS) is 11.8. The van der Waals surface area contributed by atoms with E-state index in [-0.39, 0.29) is 12.2 Å². The smallest absolute Gasteiger partial charge is 0.319 e. The molecule has 0 aliphatic rings. The molecule has 0 saturated heterocycles. The Labute approximate surface area is 126 Å². The zero-order valence-electron chi connectivity index (χ0n) is 11.9. The first-order chi connectivity index (χ1) is 10.5. The molecule has 0 aromatic heterocycles. The number of halogens is 2. The van der Waals surface area contributed by atoms with Crippen LogP contribution in [0, 0.1) is 18.6 Å². The van der Waals surface area contributed by atoms with Gasteiger partial charge in [-0.2, -0.15) is 0 Å². The fourth-order valence-electron chi connectivity index (χ4n) is 2.02. The topological polar surface area (TPSA) is 61.4 Å². The summed E-state index contributed by atoms with van der Waals surface area (Å²) in [5, 5.41) is 14.7. The van der Waals surface area contributed by atoms with Crippen molar-refractivity contribution in [2.45, 2.75) is 13.0 Å². The lowest BCUT2D eigenvalue weighted by atomic mass is 10.0. The molecule has 6 heteroatoms. The highest BCUT2D eigenvalue weighted by Gasteiger charge is 2.12. The number of nitrogens with one attached hydrogen (secondary N) is 2. The molecule has 0 aliphatic carbocycles. The minimum atomic E-state index is -0.870. The van der Waals surface area contributed by atoms with E-state index in [1.807, 2.05) is 19.1 Å². The molecule has 1 atom stereocenters. The summed E-state index contributed by atoms with van der Waals surface area (Å²) in [4.78, 5) is 11.7. The first-order valence-electron chi connectivity index (χ1n) is 6.71. The number of amides is 2. The van der Waals surface area contributed by atoms with Gasteiger partial charge in [-0.05, 0) is 30.2 Å². The summed E-state index contributed by atoms with van der Waals surface area (Å²) in [7, 11) is 0. The van der Waals surface area contributed by atoms with Gasteiger partial charge in [0, 0.05) is 12.6 Å². The SMILES string of the molecule is Cc1ccccc1C(O)CNC(=O)Nc1ccc(F)cc1F. The van der Waals surface area contributed by atoms with Gasteiger partial charge in [-0.15, -0.1) is 0 Å². The summed E-state index contributed by atoms with van der Waals surface area (Å²) in [6.45, 7) is 1.83. The third kappa shape index (κ3) is 4.02. The van der Waals surface area contributed by atoms with E-state index < -0.39 is 23.8 Å². The van der Waals surface area contributed by atoms with Crippen LogP contribution in [0.4, 0.5) is 19.3 Å². The Bertz CT molecular complexity index is 677. The number of carbonyl (C=O) groups is 1. The van der Waals surface area contributed by atoms with Gasteiger partial charge in [0.25, 0.3) is 0 Å². The number of anilines is 1. The molecule has 1 unspecified atom stereocenters. The number of aliphatic hydroxyl groups is 1. The largest absolute Gasteiger partial charge is 0.387 e. The highest BCUT2D eigenvalue weighted by molar-refractivity contribution is 5.89. The van der Waals surface area contributed by atoms with Crippen LogP contribution in [-0.2, 0) is 0 Å². The number of urea groups is 1. The summed E-state index contributed by atoms with van der Waals surface area (Å²) in [5.74, 6) is -1.59. The zero-order valence-corrected chi connectivity index (χ0v) is 11.9. The number of carbonyl (C=O) groups excluding carboxylic acids is 1. The van der Waals surface area contributed by atoms with Crippen molar-refractivity contribution in [1.82, 2.24) is 5.32 Å². The van der Waals surface area contributed by atoms with Crippen molar-refractivity contribution in [3.63, 3.8) is 0 Å². The molecule has 2 aromatic rings. The average Bonchev–Trinajstić information content (AvgIpc) is 2.48. The number of hydrogen-bond donors (Lipinski definition) is 3. The van der Waals surface area contributed by atoms with E-state index in [0.717, 1.165) is 17.7 Å². The van der Waals surface area contributed by atoms with Crippen LogP contribution in [-0.4, -0.2) is 17.7 Å². The fourth-order valence-corrected chi connectivity index (χ4v) is 2.02. The molecular weight excluding hydrogens is 290 g/mol. The van der Waals surface area contributed by atoms with E-state index in [2.05, 4.69) is 10.6 Å². The molecule has 0 bridgehead atoms. The van der Waals surface area contributed by atoms with Crippen LogP contribution in [0.5, 0.6) is 0 Å². The van der Waals surface area contributed by atoms with Crippen LogP contribution in [0.25, 0.3) is 0 Å². The first kappa shape index (κ1) is 15.9. The molecular formula is C16H16F2N2O2. The lowest BCUT2D eigenvalue weighted by Crippen LogP contribution is -2.32. The van der Waals surface area contributed by atoms with Crippen molar-refractivity contribution in [2.75, 3.05) is 11.9 Å².